The van der Waals surface area contributed by atoms with E-state index >= 15 is 0 Å². The number of amides is 2. The van der Waals surface area contributed by atoms with Crippen molar-refractivity contribution in [3.8, 4) is 0 Å². The van der Waals surface area contributed by atoms with Gasteiger partial charge in [-0.15, -0.1) is 11.3 Å². The fourth-order valence-corrected chi connectivity index (χ4v) is 4.62. The molecule has 1 saturated heterocycles. The van der Waals surface area contributed by atoms with E-state index in [1.807, 2.05) is 18.2 Å². The van der Waals surface area contributed by atoms with Crippen LogP contribution >= 0.6 is 11.3 Å². The summed E-state index contributed by atoms with van der Waals surface area (Å²) < 4.78 is 1.34. The number of rotatable bonds is 4. The highest BCUT2D eigenvalue weighted by Gasteiger charge is 2.23. The van der Waals surface area contributed by atoms with Crippen LogP contribution < -0.4 is 15.8 Å². The minimum atomic E-state index is -0.291. The van der Waals surface area contributed by atoms with Crippen LogP contribution in [0.3, 0.4) is 0 Å². The number of anilines is 1. The molecule has 0 spiro atoms. The number of hydrogen-bond donors (Lipinski definition) is 2. The first kappa shape index (κ1) is 20.2. The van der Waals surface area contributed by atoms with E-state index in [0.717, 1.165) is 13.1 Å². The number of aryl methyl sites for hydroxylation is 1. The molecule has 8 nitrogen and oxygen atoms in total. The summed E-state index contributed by atoms with van der Waals surface area (Å²) >= 11 is 1.19. The molecule has 0 radical (unpaired) electrons. The molecule has 1 aliphatic heterocycles. The number of hydrogen-bond acceptors (Lipinski definition) is 5. The van der Waals surface area contributed by atoms with Crippen molar-refractivity contribution in [1.82, 2.24) is 14.5 Å². The molecule has 0 aliphatic carbocycles. The third-order valence-corrected chi connectivity index (χ3v) is 6.63. The van der Waals surface area contributed by atoms with E-state index in [4.69, 9.17) is 0 Å². The lowest BCUT2D eigenvalue weighted by Crippen LogP contribution is -3.12. The average Bonchev–Trinajstić information content (AvgIpc) is 3.08. The van der Waals surface area contributed by atoms with Crippen molar-refractivity contribution in [1.29, 1.82) is 0 Å². The number of thiophene rings is 1. The van der Waals surface area contributed by atoms with Gasteiger partial charge in [0.25, 0.3) is 11.5 Å². The molecule has 0 saturated carbocycles. The predicted octanol–water partition coefficient (Wildman–Crippen LogP) is 0.376. The molecule has 1 aromatic carbocycles. The highest BCUT2D eigenvalue weighted by atomic mass is 32.1. The second kappa shape index (κ2) is 8.37. The van der Waals surface area contributed by atoms with Gasteiger partial charge in [0.05, 0.1) is 49.8 Å². The van der Waals surface area contributed by atoms with E-state index in [-0.39, 0.29) is 23.9 Å². The first-order chi connectivity index (χ1) is 14.4. The molecule has 0 unspecified atom stereocenters. The highest BCUT2D eigenvalue weighted by molar-refractivity contribution is 7.20. The monoisotopic (exact) mass is 426 g/mol. The normalized spacial score (nSPS) is 14.8. The Balaban J connectivity index is 1.58. The average molecular weight is 427 g/mol. The van der Waals surface area contributed by atoms with Crippen LogP contribution in [0, 0.1) is 6.92 Å². The summed E-state index contributed by atoms with van der Waals surface area (Å²) in [6.45, 7) is 4.90. The van der Waals surface area contributed by atoms with Crippen LogP contribution in [-0.2, 0) is 11.3 Å². The first-order valence-corrected chi connectivity index (χ1v) is 10.7. The van der Waals surface area contributed by atoms with Crippen LogP contribution in [0.15, 0.2) is 41.5 Å². The van der Waals surface area contributed by atoms with Crippen molar-refractivity contribution in [2.75, 3.05) is 38.5 Å². The lowest BCUT2D eigenvalue weighted by Gasteiger charge is -2.30. The number of piperazine rings is 1. The fraction of sp³-hybridized carbons (Fsp3) is 0.333. The van der Waals surface area contributed by atoms with Gasteiger partial charge in [-0.1, -0.05) is 18.2 Å². The number of aromatic nitrogens is 2. The molecule has 1 fully saturated rings. The fourth-order valence-electron chi connectivity index (χ4n) is 3.58. The number of benzene rings is 1. The van der Waals surface area contributed by atoms with Gasteiger partial charge in [0.1, 0.15) is 11.4 Å². The summed E-state index contributed by atoms with van der Waals surface area (Å²) in [6.07, 6.45) is 1.40. The minimum Gasteiger partial charge on any atom is -0.334 e. The van der Waals surface area contributed by atoms with Crippen LogP contribution in [0.4, 0.5) is 5.69 Å². The summed E-state index contributed by atoms with van der Waals surface area (Å²) in [6, 6.07) is 9.16. The van der Waals surface area contributed by atoms with Gasteiger partial charge >= 0.3 is 0 Å². The molecule has 9 heteroatoms. The van der Waals surface area contributed by atoms with E-state index in [9.17, 15) is 14.4 Å². The number of para-hydroxylation sites is 1. The van der Waals surface area contributed by atoms with Gasteiger partial charge in [-0.05, 0) is 24.6 Å². The number of nitrogens with one attached hydrogen (secondary N) is 2. The maximum Gasteiger partial charge on any atom is 0.266 e. The SMILES string of the molecule is Cc1c(C(=O)Nc2ccccc2)sc2ncn(CC(=O)N3CC[NH+](C)CC3)c(=O)c12. The summed E-state index contributed by atoms with van der Waals surface area (Å²) in [5.41, 5.74) is 0.982. The van der Waals surface area contributed by atoms with Crippen molar-refractivity contribution in [3.05, 3.63) is 57.5 Å². The van der Waals surface area contributed by atoms with Crippen LogP contribution in [0.25, 0.3) is 10.2 Å². The lowest BCUT2D eigenvalue weighted by molar-refractivity contribution is -0.883. The summed E-state index contributed by atoms with van der Waals surface area (Å²) in [7, 11) is 2.11. The molecule has 3 aromatic rings. The number of carbonyl (C=O) groups excluding carboxylic acids is 2. The van der Waals surface area contributed by atoms with Crippen LogP contribution in [0.2, 0.25) is 0 Å². The zero-order valence-electron chi connectivity index (χ0n) is 17.0. The van der Waals surface area contributed by atoms with E-state index in [2.05, 4.69) is 17.3 Å². The van der Waals surface area contributed by atoms with Gasteiger partial charge in [-0.25, -0.2) is 4.98 Å². The summed E-state index contributed by atoms with van der Waals surface area (Å²) in [5, 5.41) is 3.24. The summed E-state index contributed by atoms with van der Waals surface area (Å²) in [5.74, 6) is -0.357. The van der Waals surface area contributed by atoms with Gasteiger partial charge in [0.2, 0.25) is 5.91 Å². The third kappa shape index (κ3) is 3.99. The molecule has 4 rings (SSSR count). The number of quaternary nitrogens is 1. The maximum atomic E-state index is 13.0. The zero-order chi connectivity index (χ0) is 21.3. The summed E-state index contributed by atoms with van der Waals surface area (Å²) in [4.78, 5) is 46.9. The third-order valence-electron chi connectivity index (χ3n) is 5.43. The van der Waals surface area contributed by atoms with Gasteiger partial charge in [-0.3, -0.25) is 19.0 Å². The number of nitrogens with zero attached hydrogens (tertiary/aromatic N) is 3. The predicted molar refractivity (Wildman–Crippen MR) is 116 cm³/mol. The Morgan fingerprint density at radius 1 is 1.20 bits per heavy atom. The second-order valence-electron chi connectivity index (χ2n) is 7.57. The molecule has 0 atom stereocenters. The van der Waals surface area contributed by atoms with Crippen molar-refractivity contribution in [3.63, 3.8) is 0 Å². The molecule has 1 aliphatic rings. The van der Waals surface area contributed by atoms with Crippen molar-refractivity contribution >= 4 is 39.1 Å². The van der Waals surface area contributed by atoms with E-state index in [0.29, 0.717) is 39.4 Å². The standard InChI is InChI=1S/C21H23N5O3S/c1-14-17-20(30-18(14)19(28)23-15-6-4-3-5-7-15)22-13-26(21(17)29)12-16(27)25-10-8-24(2)9-11-25/h3-7,13H,8-12H2,1-2H3,(H,23,28)/p+1. The molecule has 156 valence electrons. The van der Waals surface area contributed by atoms with Gasteiger partial charge in [0.15, 0.2) is 0 Å². The molecule has 3 heterocycles. The molecule has 30 heavy (non-hydrogen) atoms. The number of carbonyl (C=O) groups is 2. The molecule has 2 amide bonds. The Labute approximate surface area is 177 Å². The quantitative estimate of drug-likeness (QED) is 0.631. The van der Waals surface area contributed by atoms with Gasteiger partial charge < -0.3 is 15.1 Å². The molecule has 2 aromatic heterocycles. The van der Waals surface area contributed by atoms with Crippen LogP contribution in [0.5, 0.6) is 0 Å². The topological polar surface area (TPSA) is 88.7 Å². The Hall–Kier alpha value is -3.04. The Morgan fingerprint density at radius 2 is 1.90 bits per heavy atom. The number of likely N-dealkylation sites (N-methyl/N-ethyl adjacent to an activating group) is 1. The molecular weight excluding hydrogens is 402 g/mol. The molecular formula is C21H24N5O3S+. The first-order valence-electron chi connectivity index (χ1n) is 9.88. The van der Waals surface area contributed by atoms with Crippen molar-refractivity contribution < 1.29 is 14.5 Å². The van der Waals surface area contributed by atoms with Crippen LogP contribution in [0.1, 0.15) is 15.2 Å². The van der Waals surface area contributed by atoms with Gasteiger partial charge in [0, 0.05) is 5.69 Å². The zero-order valence-corrected chi connectivity index (χ0v) is 17.8. The van der Waals surface area contributed by atoms with E-state index in [1.54, 1.807) is 24.0 Å². The maximum absolute atomic E-state index is 13.0. The lowest BCUT2D eigenvalue weighted by atomic mass is 10.2. The van der Waals surface area contributed by atoms with Crippen LogP contribution in [-0.4, -0.2) is 59.5 Å². The van der Waals surface area contributed by atoms with Crippen molar-refractivity contribution in [2.24, 2.45) is 0 Å². The van der Waals surface area contributed by atoms with E-state index in [1.165, 1.54) is 27.1 Å². The Morgan fingerprint density at radius 3 is 2.60 bits per heavy atom. The smallest absolute Gasteiger partial charge is 0.266 e. The molecule has 0 bridgehead atoms. The number of fused-ring (bicyclic) bond motifs is 1. The highest BCUT2D eigenvalue weighted by Crippen LogP contribution is 2.27. The van der Waals surface area contributed by atoms with Crippen molar-refractivity contribution in [2.45, 2.75) is 13.5 Å². The largest absolute Gasteiger partial charge is 0.334 e. The molecule has 2 N–H and O–H groups in total. The second-order valence-corrected chi connectivity index (χ2v) is 8.57. The van der Waals surface area contributed by atoms with Gasteiger partial charge in [-0.2, -0.15) is 0 Å². The Kier molecular flexibility index (Phi) is 5.65. The minimum absolute atomic E-state index is 0.0400. The Bertz CT molecular complexity index is 1150. The van der Waals surface area contributed by atoms with E-state index < -0.39 is 0 Å².